The van der Waals surface area contributed by atoms with Crippen LogP contribution in [0.1, 0.15) is 22.6 Å². The van der Waals surface area contributed by atoms with Crippen LogP contribution in [-0.2, 0) is 17.8 Å². The first kappa shape index (κ1) is 20.5. The number of aliphatic carboxylic acids is 1. The number of pyridine rings is 1. The van der Waals surface area contributed by atoms with Gasteiger partial charge >= 0.3 is 12.1 Å². The van der Waals surface area contributed by atoms with Crippen molar-refractivity contribution in [3.05, 3.63) is 34.8 Å². The maximum absolute atomic E-state index is 10.6. The molecule has 0 spiro atoms. The molecule has 0 saturated carbocycles. The largest absolute Gasteiger partial charge is 0.490 e. The smallest absolute Gasteiger partial charge is 0.475 e. The average molecular weight is 411 g/mol. The summed E-state index contributed by atoms with van der Waals surface area (Å²) in [5.74, 6) is -1.14. The van der Waals surface area contributed by atoms with Crippen LogP contribution in [-0.4, -0.2) is 44.1 Å². The van der Waals surface area contributed by atoms with Gasteiger partial charge in [0.15, 0.2) is 5.69 Å². The van der Waals surface area contributed by atoms with Gasteiger partial charge in [0.25, 0.3) is 5.89 Å². The number of alkyl halides is 3. The Labute approximate surface area is 161 Å². The minimum atomic E-state index is -5.08. The lowest BCUT2D eigenvalue weighted by atomic mass is 9.95. The lowest BCUT2D eigenvalue weighted by Gasteiger charge is -2.19. The van der Waals surface area contributed by atoms with Gasteiger partial charge in [-0.1, -0.05) is 10.3 Å². The van der Waals surface area contributed by atoms with Crippen LogP contribution in [0, 0.1) is 13.8 Å². The van der Waals surface area contributed by atoms with Crippen LogP contribution in [0.5, 0.6) is 0 Å². The van der Waals surface area contributed by atoms with Crippen LogP contribution in [0.25, 0.3) is 23.0 Å². The van der Waals surface area contributed by atoms with Crippen molar-refractivity contribution in [2.24, 2.45) is 0 Å². The number of halogens is 3. The average Bonchev–Trinajstić information content (AvgIpc) is 3.30. The molecule has 12 heteroatoms. The zero-order valence-corrected chi connectivity index (χ0v) is 15.4. The molecule has 0 amide bonds. The summed E-state index contributed by atoms with van der Waals surface area (Å²) in [7, 11) is 0. The Balaban J connectivity index is 0.000000298. The zero-order chi connectivity index (χ0) is 21.2. The second-order valence-electron chi connectivity index (χ2n) is 6.20. The number of rotatable bonds is 2. The van der Waals surface area contributed by atoms with E-state index in [1.807, 2.05) is 20.0 Å². The van der Waals surface area contributed by atoms with Gasteiger partial charge in [0.05, 0.1) is 0 Å². The molecule has 0 saturated heterocycles. The van der Waals surface area contributed by atoms with Crippen LogP contribution < -0.4 is 5.32 Å². The molecule has 3 aromatic rings. The molecule has 3 aromatic heterocycles. The third kappa shape index (κ3) is 4.59. The van der Waals surface area contributed by atoms with E-state index in [0.717, 1.165) is 30.8 Å². The molecular formula is C17H16F3N5O4. The van der Waals surface area contributed by atoms with Crippen molar-refractivity contribution in [2.45, 2.75) is 33.0 Å². The van der Waals surface area contributed by atoms with E-state index in [9.17, 15) is 13.2 Å². The van der Waals surface area contributed by atoms with Crippen molar-refractivity contribution < 1.29 is 32.1 Å². The summed E-state index contributed by atoms with van der Waals surface area (Å²) in [5, 5.41) is 18.5. The molecule has 1 aliphatic rings. The van der Waals surface area contributed by atoms with Gasteiger partial charge in [-0.15, -0.1) is 0 Å². The Morgan fingerprint density at radius 2 is 1.97 bits per heavy atom. The predicted octanol–water partition coefficient (Wildman–Crippen LogP) is 2.68. The molecule has 4 rings (SSSR count). The third-order valence-corrected chi connectivity index (χ3v) is 4.07. The lowest BCUT2D eigenvalue weighted by molar-refractivity contribution is -0.192. The van der Waals surface area contributed by atoms with E-state index in [4.69, 9.17) is 18.9 Å². The number of carbonyl (C=O) groups is 1. The summed E-state index contributed by atoms with van der Waals surface area (Å²) in [5.41, 5.74) is 4.86. The first-order valence-corrected chi connectivity index (χ1v) is 8.42. The van der Waals surface area contributed by atoms with E-state index < -0.39 is 12.1 Å². The molecule has 154 valence electrons. The number of nitrogens with one attached hydrogen (secondary N) is 1. The summed E-state index contributed by atoms with van der Waals surface area (Å²) >= 11 is 0. The van der Waals surface area contributed by atoms with Crippen LogP contribution >= 0.6 is 0 Å². The number of fused-ring (bicyclic) bond motifs is 1. The first-order valence-electron chi connectivity index (χ1n) is 8.42. The first-order chi connectivity index (χ1) is 13.7. The van der Waals surface area contributed by atoms with Crippen molar-refractivity contribution in [3.8, 4) is 23.0 Å². The monoisotopic (exact) mass is 411 g/mol. The van der Waals surface area contributed by atoms with Gasteiger partial charge in [-0.25, -0.2) is 4.79 Å². The van der Waals surface area contributed by atoms with E-state index in [1.54, 1.807) is 6.07 Å². The second-order valence-corrected chi connectivity index (χ2v) is 6.20. The molecule has 1 aliphatic heterocycles. The Kier molecular flexibility index (Phi) is 5.64. The standard InChI is InChI=1S/C15H15N5O2.C2HF3O2/c1-8-5-12(19-21-8)15-18-14(20-22-15)13-9(2)17-7-10-6-16-4-3-11(10)13;3-2(4,5)1(6)7/h5,7,16H,3-4,6H2,1-2H3;(H,6,7). The zero-order valence-electron chi connectivity index (χ0n) is 15.4. The highest BCUT2D eigenvalue weighted by atomic mass is 19.4. The highest BCUT2D eigenvalue weighted by molar-refractivity contribution is 5.73. The van der Waals surface area contributed by atoms with Crippen LogP contribution in [0.15, 0.2) is 21.3 Å². The lowest BCUT2D eigenvalue weighted by Crippen LogP contribution is -2.24. The van der Waals surface area contributed by atoms with Gasteiger partial charge < -0.3 is 19.5 Å². The molecule has 2 N–H and O–H groups in total. The fourth-order valence-electron chi connectivity index (χ4n) is 2.76. The Hall–Kier alpha value is -3.28. The number of aromatic nitrogens is 4. The number of nitrogens with zero attached hydrogens (tertiary/aromatic N) is 4. The van der Waals surface area contributed by atoms with Crippen LogP contribution in [0.2, 0.25) is 0 Å². The molecule has 0 unspecified atom stereocenters. The minimum absolute atomic E-state index is 0.359. The van der Waals surface area contributed by atoms with Crippen LogP contribution in [0.4, 0.5) is 13.2 Å². The SMILES string of the molecule is Cc1cc(-c2nc(-c3c(C)ncc4c3CCNC4)no2)no1.O=C(O)C(F)(F)F. The fraction of sp³-hybridized carbons (Fsp3) is 0.353. The molecule has 4 heterocycles. The van der Waals surface area contributed by atoms with Gasteiger partial charge in [-0.05, 0) is 37.9 Å². The molecule has 0 aliphatic carbocycles. The Morgan fingerprint density at radius 3 is 2.59 bits per heavy atom. The van der Waals surface area contributed by atoms with Crippen molar-refractivity contribution in [3.63, 3.8) is 0 Å². The summed E-state index contributed by atoms with van der Waals surface area (Å²) in [4.78, 5) is 17.8. The number of aryl methyl sites for hydroxylation is 2. The van der Waals surface area contributed by atoms with Gasteiger partial charge in [0.1, 0.15) is 5.76 Å². The fourth-order valence-corrected chi connectivity index (χ4v) is 2.76. The van der Waals surface area contributed by atoms with Crippen molar-refractivity contribution >= 4 is 5.97 Å². The molecule has 29 heavy (non-hydrogen) atoms. The minimum Gasteiger partial charge on any atom is -0.475 e. The summed E-state index contributed by atoms with van der Waals surface area (Å²) in [6.45, 7) is 5.55. The summed E-state index contributed by atoms with van der Waals surface area (Å²) in [6, 6.07) is 1.77. The second kappa shape index (κ2) is 7.99. The van der Waals surface area contributed by atoms with Gasteiger partial charge in [-0.3, -0.25) is 4.98 Å². The number of hydrogen-bond donors (Lipinski definition) is 2. The molecule has 0 radical (unpaired) electrons. The van der Waals surface area contributed by atoms with E-state index >= 15 is 0 Å². The Morgan fingerprint density at radius 1 is 1.24 bits per heavy atom. The van der Waals surface area contributed by atoms with Crippen molar-refractivity contribution in [1.82, 2.24) is 25.6 Å². The van der Waals surface area contributed by atoms with E-state index in [-0.39, 0.29) is 0 Å². The maximum Gasteiger partial charge on any atom is 0.490 e. The maximum atomic E-state index is 10.6. The normalized spacial score (nSPS) is 13.4. The van der Waals surface area contributed by atoms with E-state index in [0.29, 0.717) is 23.2 Å². The van der Waals surface area contributed by atoms with Crippen molar-refractivity contribution in [2.75, 3.05) is 6.54 Å². The molecule has 0 aromatic carbocycles. The van der Waals surface area contributed by atoms with E-state index in [2.05, 4.69) is 25.6 Å². The molecule has 9 nitrogen and oxygen atoms in total. The number of carboxylic acid groups (broad SMARTS) is 1. The predicted molar refractivity (Wildman–Crippen MR) is 91.6 cm³/mol. The quantitative estimate of drug-likeness (QED) is 0.654. The van der Waals surface area contributed by atoms with Crippen molar-refractivity contribution in [1.29, 1.82) is 0 Å². The number of carboxylic acids is 1. The summed E-state index contributed by atoms with van der Waals surface area (Å²) in [6.07, 6.45) is -2.23. The van der Waals surface area contributed by atoms with Gasteiger partial charge in [-0.2, -0.15) is 18.2 Å². The van der Waals surface area contributed by atoms with Gasteiger partial charge in [0.2, 0.25) is 5.82 Å². The van der Waals surface area contributed by atoms with E-state index in [1.165, 1.54) is 11.1 Å². The summed E-state index contributed by atoms with van der Waals surface area (Å²) < 4.78 is 42.1. The molecule has 0 fully saturated rings. The highest BCUT2D eigenvalue weighted by Gasteiger charge is 2.38. The molecule has 0 atom stereocenters. The molecular weight excluding hydrogens is 395 g/mol. The van der Waals surface area contributed by atoms with Gasteiger partial charge in [0, 0.05) is 30.1 Å². The Bertz CT molecular complexity index is 1030. The molecule has 0 bridgehead atoms. The topological polar surface area (TPSA) is 127 Å². The van der Waals surface area contributed by atoms with Crippen LogP contribution in [0.3, 0.4) is 0 Å². The highest BCUT2D eigenvalue weighted by Crippen LogP contribution is 2.30. The third-order valence-electron chi connectivity index (χ3n) is 4.07. The number of hydrogen-bond acceptors (Lipinski definition) is 8.